The fourth-order valence-corrected chi connectivity index (χ4v) is 3.44. The lowest BCUT2D eigenvalue weighted by Gasteiger charge is -2.37. The van der Waals surface area contributed by atoms with Gasteiger partial charge in [-0.1, -0.05) is 54.6 Å². The van der Waals surface area contributed by atoms with Crippen molar-refractivity contribution in [2.45, 2.75) is 6.04 Å². The molecule has 3 aromatic carbocycles. The molecule has 1 unspecified atom stereocenters. The number of piperazine rings is 1. The number of benzene rings is 3. The molecule has 0 saturated carbocycles. The van der Waals surface area contributed by atoms with Crippen LogP contribution < -0.4 is 10.1 Å². The Morgan fingerprint density at radius 1 is 0.889 bits per heavy atom. The first-order valence-electron chi connectivity index (χ1n) is 9.21. The minimum Gasteiger partial charge on any atom is -0.457 e. The molecule has 1 heterocycles. The van der Waals surface area contributed by atoms with E-state index in [0.29, 0.717) is 18.7 Å². The van der Waals surface area contributed by atoms with E-state index in [1.54, 1.807) is 0 Å². The highest BCUT2D eigenvalue weighted by Gasteiger charge is 2.30. The summed E-state index contributed by atoms with van der Waals surface area (Å²) in [5, 5.41) is 3.41. The summed E-state index contributed by atoms with van der Waals surface area (Å²) in [7, 11) is 0. The third kappa shape index (κ3) is 3.86. The first-order valence-corrected chi connectivity index (χ1v) is 9.21. The van der Waals surface area contributed by atoms with E-state index >= 15 is 0 Å². The summed E-state index contributed by atoms with van der Waals surface area (Å²) in [6, 6.07) is 27.1. The van der Waals surface area contributed by atoms with Gasteiger partial charge in [0.15, 0.2) is 0 Å². The molecule has 1 amide bonds. The van der Waals surface area contributed by atoms with Crippen molar-refractivity contribution in [3.63, 3.8) is 0 Å². The quantitative estimate of drug-likeness (QED) is 0.757. The van der Waals surface area contributed by atoms with Gasteiger partial charge in [0.1, 0.15) is 11.5 Å². The third-order valence-electron chi connectivity index (χ3n) is 4.77. The van der Waals surface area contributed by atoms with Crippen LogP contribution in [0, 0.1) is 0 Å². The lowest BCUT2D eigenvalue weighted by Crippen LogP contribution is -2.48. The van der Waals surface area contributed by atoms with Crippen LogP contribution in [0.1, 0.15) is 22.0 Å². The number of ether oxygens (including phenoxy) is 1. The van der Waals surface area contributed by atoms with E-state index in [1.807, 2.05) is 89.8 Å². The zero-order valence-electron chi connectivity index (χ0n) is 15.0. The number of rotatable bonds is 4. The Labute approximate surface area is 159 Å². The van der Waals surface area contributed by atoms with Crippen LogP contribution in [0.3, 0.4) is 0 Å². The zero-order chi connectivity index (χ0) is 18.5. The van der Waals surface area contributed by atoms with E-state index in [1.165, 1.54) is 0 Å². The van der Waals surface area contributed by atoms with Gasteiger partial charge in [-0.2, -0.15) is 0 Å². The summed E-state index contributed by atoms with van der Waals surface area (Å²) < 4.78 is 6.13. The summed E-state index contributed by atoms with van der Waals surface area (Å²) in [5.74, 6) is 1.62. The molecule has 27 heavy (non-hydrogen) atoms. The maximum atomic E-state index is 13.1. The molecule has 0 spiro atoms. The second kappa shape index (κ2) is 8.06. The van der Waals surface area contributed by atoms with Crippen LogP contribution in [0.4, 0.5) is 0 Å². The van der Waals surface area contributed by atoms with Crippen LogP contribution in [-0.2, 0) is 0 Å². The normalized spacial score (nSPS) is 16.7. The van der Waals surface area contributed by atoms with E-state index in [4.69, 9.17) is 4.74 Å². The Hall–Kier alpha value is -3.11. The molecule has 1 aliphatic heterocycles. The standard InChI is InChI=1S/C23H22N2O2/c26-23(18-9-3-1-4-10-18)25-16-15-24-17-21(25)20-13-7-8-14-22(20)27-19-11-5-2-6-12-19/h1-14,21,24H,15-17H2. The van der Waals surface area contributed by atoms with Gasteiger partial charge in [-0.15, -0.1) is 0 Å². The average molecular weight is 358 g/mol. The molecular weight excluding hydrogens is 336 g/mol. The lowest BCUT2D eigenvalue weighted by molar-refractivity contribution is 0.0632. The van der Waals surface area contributed by atoms with Gasteiger partial charge in [0.25, 0.3) is 5.91 Å². The first kappa shape index (κ1) is 17.3. The van der Waals surface area contributed by atoms with E-state index in [9.17, 15) is 4.79 Å². The van der Waals surface area contributed by atoms with Crippen molar-refractivity contribution in [3.05, 3.63) is 96.1 Å². The van der Waals surface area contributed by atoms with E-state index in [-0.39, 0.29) is 11.9 Å². The highest BCUT2D eigenvalue weighted by molar-refractivity contribution is 5.94. The molecule has 1 N–H and O–H groups in total. The third-order valence-corrected chi connectivity index (χ3v) is 4.77. The van der Waals surface area contributed by atoms with Gasteiger partial charge in [-0.05, 0) is 30.3 Å². The first-order chi connectivity index (χ1) is 13.3. The van der Waals surface area contributed by atoms with Crippen molar-refractivity contribution in [2.75, 3.05) is 19.6 Å². The molecule has 4 nitrogen and oxygen atoms in total. The SMILES string of the molecule is O=C(c1ccccc1)N1CCNCC1c1ccccc1Oc1ccccc1. The summed E-state index contributed by atoms with van der Waals surface area (Å²) in [5.41, 5.74) is 1.73. The summed E-state index contributed by atoms with van der Waals surface area (Å²) in [4.78, 5) is 15.1. The second-order valence-corrected chi connectivity index (χ2v) is 6.54. The number of carbonyl (C=O) groups excluding carboxylic acids is 1. The van der Waals surface area contributed by atoms with Crippen molar-refractivity contribution in [1.82, 2.24) is 10.2 Å². The van der Waals surface area contributed by atoms with Crippen LogP contribution in [0.5, 0.6) is 11.5 Å². The van der Waals surface area contributed by atoms with Crippen LogP contribution in [0.25, 0.3) is 0 Å². The van der Waals surface area contributed by atoms with E-state index in [2.05, 4.69) is 5.32 Å². The zero-order valence-corrected chi connectivity index (χ0v) is 15.0. The molecule has 1 saturated heterocycles. The Kier molecular flexibility index (Phi) is 5.17. The van der Waals surface area contributed by atoms with Crippen molar-refractivity contribution in [3.8, 4) is 11.5 Å². The fourth-order valence-electron chi connectivity index (χ4n) is 3.44. The minimum atomic E-state index is -0.0774. The topological polar surface area (TPSA) is 41.6 Å². The van der Waals surface area contributed by atoms with Gasteiger partial charge in [0.2, 0.25) is 0 Å². The Morgan fingerprint density at radius 3 is 2.33 bits per heavy atom. The second-order valence-electron chi connectivity index (χ2n) is 6.54. The Balaban J connectivity index is 1.65. The summed E-state index contributed by atoms with van der Waals surface area (Å²) >= 11 is 0. The predicted molar refractivity (Wildman–Crippen MR) is 106 cm³/mol. The van der Waals surface area contributed by atoms with Gasteiger partial charge < -0.3 is 15.0 Å². The van der Waals surface area contributed by atoms with Gasteiger partial charge in [0, 0.05) is 30.8 Å². The number of carbonyl (C=O) groups is 1. The monoisotopic (exact) mass is 358 g/mol. The number of para-hydroxylation sites is 2. The molecule has 0 aromatic heterocycles. The van der Waals surface area contributed by atoms with Gasteiger partial charge >= 0.3 is 0 Å². The molecule has 0 radical (unpaired) electrons. The summed E-state index contributed by atoms with van der Waals surface area (Å²) in [6.45, 7) is 2.16. The number of amides is 1. The molecular formula is C23H22N2O2. The Morgan fingerprint density at radius 2 is 1.56 bits per heavy atom. The lowest BCUT2D eigenvalue weighted by atomic mass is 10.0. The molecule has 4 heteroatoms. The van der Waals surface area contributed by atoms with Crippen LogP contribution in [0.2, 0.25) is 0 Å². The van der Waals surface area contributed by atoms with Gasteiger partial charge in [0.05, 0.1) is 6.04 Å². The van der Waals surface area contributed by atoms with E-state index in [0.717, 1.165) is 23.6 Å². The number of hydrogen-bond acceptors (Lipinski definition) is 3. The highest BCUT2D eigenvalue weighted by atomic mass is 16.5. The smallest absolute Gasteiger partial charge is 0.254 e. The highest BCUT2D eigenvalue weighted by Crippen LogP contribution is 2.33. The largest absolute Gasteiger partial charge is 0.457 e. The molecule has 0 bridgehead atoms. The van der Waals surface area contributed by atoms with Crippen molar-refractivity contribution < 1.29 is 9.53 Å². The van der Waals surface area contributed by atoms with Gasteiger partial charge in [-0.25, -0.2) is 0 Å². The molecule has 1 aliphatic rings. The van der Waals surface area contributed by atoms with E-state index < -0.39 is 0 Å². The Bertz CT molecular complexity index is 897. The van der Waals surface area contributed by atoms with Crippen LogP contribution in [0.15, 0.2) is 84.9 Å². The fraction of sp³-hybridized carbons (Fsp3) is 0.174. The molecule has 1 atom stereocenters. The van der Waals surface area contributed by atoms with Gasteiger partial charge in [-0.3, -0.25) is 4.79 Å². The minimum absolute atomic E-state index is 0.0524. The molecule has 0 aliphatic carbocycles. The molecule has 3 aromatic rings. The maximum Gasteiger partial charge on any atom is 0.254 e. The van der Waals surface area contributed by atoms with Crippen LogP contribution >= 0.6 is 0 Å². The predicted octanol–water partition coefficient (Wildman–Crippen LogP) is 4.27. The average Bonchev–Trinajstić information content (AvgIpc) is 2.75. The van der Waals surface area contributed by atoms with Crippen molar-refractivity contribution >= 4 is 5.91 Å². The maximum absolute atomic E-state index is 13.1. The number of nitrogens with one attached hydrogen (secondary N) is 1. The molecule has 1 fully saturated rings. The number of nitrogens with zero attached hydrogens (tertiary/aromatic N) is 1. The number of hydrogen-bond donors (Lipinski definition) is 1. The molecule has 136 valence electrons. The molecule has 4 rings (SSSR count). The summed E-state index contributed by atoms with van der Waals surface area (Å²) in [6.07, 6.45) is 0. The van der Waals surface area contributed by atoms with Crippen molar-refractivity contribution in [1.29, 1.82) is 0 Å². The van der Waals surface area contributed by atoms with Crippen molar-refractivity contribution in [2.24, 2.45) is 0 Å². The van der Waals surface area contributed by atoms with Crippen LogP contribution in [-0.4, -0.2) is 30.4 Å².